The Morgan fingerprint density at radius 3 is 1.45 bits per heavy atom. The second-order valence-corrected chi connectivity index (χ2v) is 4.45. The highest BCUT2D eigenvalue weighted by molar-refractivity contribution is 5.65. The van der Waals surface area contributed by atoms with Gasteiger partial charge in [-0.3, -0.25) is 0 Å². The highest BCUT2D eigenvalue weighted by Crippen LogP contribution is 2.23. The van der Waals surface area contributed by atoms with Crippen molar-refractivity contribution in [3.8, 4) is 11.1 Å². The van der Waals surface area contributed by atoms with Crippen LogP contribution in [0.25, 0.3) is 11.1 Å². The molecule has 0 N–H and O–H groups in total. The lowest BCUT2D eigenvalue weighted by Crippen LogP contribution is -1.75. The van der Waals surface area contributed by atoms with Gasteiger partial charge in [-0.2, -0.15) is 10.2 Å². The minimum absolute atomic E-state index is 0.855. The summed E-state index contributed by atoms with van der Waals surface area (Å²) in [7, 11) is 0. The number of rotatable bonds is 3. The Hall–Kier alpha value is -2.74. The predicted molar refractivity (Wildman–Crippen MR) is 82.5 cm³/mol. The molecule has 0 unspecified atom stereocenters. The molecule has 0 fully saturated rings. The van der Waals surface area contributed by atoms with Crippen molar-refractivity contribution in [2.24, 2.45) is 10.2 Å². The number of hydrogen-bond donors (Lipinski definition) is 0. The van der Waals surface area contributed by atoms with Crippen molar-refractivity contribution >= 4 is 11.4 Å². The zero-order chi connectivity index (χ0) is 13.6. The number of azo groups is 1. The van der Waals surface area contributed by atoms with Crippen LogP contribution in [-0.4, -0.2) is 0 Å². The van der Waals surface area contributed by atoms with Gasteiger partial charge in [-0.25, -0.2) is 0 Å². The minimum atomic E-state index is 0.855. The molecule has 0 aliphatic heterocycles. The highest BCUT2D eigenvalue weighted by atomic mass is 15.1. The predicted octanol–water partition coefficient (Wildman–Crippen LogP) is 5.77. The van der Waals surface area contributed by atoms with Crippen LogP contribution in [0.2, 0.25) is 0 Å². The molecule has 0 aromatic heterocycles. The molecule has 3 rings (SSSR count). The third kappa shape index (κ3) is 2.98. The summed E-state index contributed by atoms with van der Waals surface area (Å²) in [5, 5.41) is 8.44. The molecule has 0 aliphatic carbocycles. The average Bonchev–Trinajstić information content (AvgIpc) is 2.55. The summed E-state index contributed by atoms with van der Waals surface area (Å²) in [5.41, 5.74) is 4.11. The molecule has 3 aromatic carbocycles. The van der Waals surface area contributed by atoms with Crippen LogP contribution in [0.1, 0.15) is 0 Å². The van der Waals surface area contributed by atoms with Crippen molar-refractivity contribution in [2.45, 2.75) is 0 Å². The normalized spacial score (nSPS) is 10.8. The van der Waals surface area contributed by atoms with Gasteiger partial charge in [0.15, 0.2) is 0 Å². The van der Waals surface area contributed by atoms with Crippen molar-refractivity contribution in [1.82, 2.24) is 0 Å². The SMILES string of the molecule is c1ccc(/N=N/c2ccc(-c3ccccc3)cc2)cc1. The molecule has 3 aromatic rings. The molecule has 0 aliphatic rings. The number of benzene rings is 3. The van der Waals surface area contributed by atoms with E-state index in [2.05, 4.69) is 34.5 Å². The molecule has 0 bridgehead atoms. The standard InChI is InChI=1S/C18H14N2/c1-3-7-15(8-4-1)16-11-13-18(14-12-16)20-19-17-9-5-2-6-10-17/h1-14H/b20-19+. The maximum atomic E-state index is 4.24. The highest BCUT2D eigenvalue weighted by Gasteiger charge is 1.96. The Kier molecular flexibility index (Phi) is 3.65. The van der Waals surface area contributed by atoms with Gasteiger partial charge in [0.25, 0.3) is 0 Å². The molecular formula is C18H14N2. The van der Waals surface area contributed by atoms with Gasteiger partial charge in [0.2, 0.25) is 0 Å². The van der Waals surface area contributed by atoms with E-state index in [0.29, 0.717) is 0 Å². The molecule has 2 heteroatoms. The molecule has 2 nitrogen and oxygen atoms in total. The van der Waals surface area contributed by atoms with E-state index in [1.165, 1.54) is 11.1 Å². The summed E-state index contributed by atoms with van der Waals surface area (Å²) < 4.78 is 0. The molecule has 0 spiro atoms. The fourth-order valence-electron chi connectivity index (χ4n) is 1.96. The van der Waals surface area contributed by atoms with Crippen molar-refractivity contribution in [1.29, 1.82) is 0 Å². The molecule has 0 saturated heterocycles. The van der Waals surface area contributed by atoms with Crippen LogP contribution in [0.3, 0.4) is 0 Å². The van der Waals surface area contributed by atoms with Crippen molar-refractivity contribution < 1.29 is 0 Å². The molecular weight excluding hydrogens is 244 g/mol. The number of hydrogen-bond acceptors (Lipinski definition) is 2. The van der Waals surface area contributed by atoms with Gasteiger partial charge in [-0.15, -0.1) is 0 Å². The Bertz CT molecular complexity index is 687. The smallest absolute Gasteiger partial charge is 0.0857 e. The monoisotopic (exact) mass is 258 g/mol. The summed E-state index contributed by atoms with van der Waals surface area (Å²) >= 11 is 0. The fraction of sp³-hybridized carbons (Fsp3) is 0. The number of nitrogens with zero attached hydrogens (tertiary/aromatic N) is 2. The van der Waals surface area contributed by atoms with E-state index < -0.39 is 0 Å². The Morgan fingerprint density at radius 2 is 0.850 bits per heavy atom. The first kappa shape index (κ1) is 12.3. The summed E-state index contributed by atoms with van der Waals surface area (Å²) in [4.78, 5) is 0. The van der Waals surface area contributed by atoms with Crippen LogP contribution in [-0.2, 0) is 0 Å². The van der Waals surface area contributed by atoms with Gasteiger partial charge in [-0.1, -0.05) is 60.7 Å². The van der Waals surface area contributed by atoms with Crippen molar-refractivity contribution in [2.75, 3.05) is 0 Å². The topological polar surface area (TPSA) is 24.7 Å². The van der Waals surface area contributed by atoms with Gasteiger partial charge in [0.1, 0.15) is 0 Å². The largest absolute Gasteiger partial charge is 0.151 e. The van der Waals surface area contributed by atoms with E-state index >= 15 is 0 Å². The average molecular weight is 258 g/mol. The first-order chi connectivity index (χ1) is 9.92. The van der Waals surface area contributed by atoms with E-state index in [1.807, 2.05) is 60.7 Å². The van der Waals surface area contributed by atoms with Crippen LogP contribution >= 0.6 is 0 Å². The molecule has 20 heavy (non-hydrogen) atoms. The molecule has 0 saturated carbocycles. The van der Waals surface area contributed by atoms with E-state index in [-0.39, 0.29) is 0 Å². The van der Waals surface area contributed by atoms with Gasteiger partial charge in [-0.05, 0) is 35.4 Å². The van der Waals surface area contributed by atoms with E-state index in [4.69, 9.17) is 0 Å². The zero-order valence-corrected chi connectivity index (χ0v) is 11.0. The minimum Gasteiger partial charge on any atom is -0.151 e. The van der Waals surface area contributed by atoms with E-state index in [0.717, 1.165) is 11.4 Å². The van der Waals surface area contributed by atoms with Crippen LogP contribution in [0.15, 0.2) is 95.2 Å². The lowest BCUT2D eigenvalue weighted by Gasteiger charge is -2.01. The first-order valence-corrected chi connectivity index (χ1v) is 6.54. The second kappa shape index (κ2) is 5.93. The molecule has 0 radical (unpaired) electrons. The lowest BCUT2D eigenvalue weighted by atomic mass is 10.1. The molecule has 0 amide bonds. The van der Waals surface area contributed by atoms with E-state index in [9.17, 15) is 0 Å². The lowest BCUT2D eigenvalue weighted by molar-refractivity contribution is 1.23. The van der Waals surface area contributed by atoms with Crippen molar-refractivity contribution in [3.05, 3.63) is 84.9 Å². The summed E-state index contributed by atoms with van der Waals surface area (Å²) in [6.45, 7) is 0. The maximum Gasteiger partial charge on any atom is 0.0857 e. The third-order valence-electron chi connectivity index (χ3n) is 3.01. The summed E-state index contributed by atoms with van der Waals surface area (Å²) in [6.07, 6.45) is 0. The van der Waals surface area contributed by atoms with Crippen molar-refractivity contribution in [3.63, 3.8) is 0 Å². The second-order valence-electron chi connectivity index (χ2n) is 4.45. The third-order valence-corrected chi connectivity index (χ3v) is 3.01. The summed E-state index contributed by atoms with van der Waals surface area (Å²) in [5.74, 6) is 0. The Labute approximate surface area is 118 Å². The Balaban J connectivity index is 1.79. The fourth-order valence-corrected chi connectivity index (χ4v) is 1.96. The molecule has 0 heterocycles. The quantitative estimate of drug-likeness (QED) is 0.533. The van der Waals surface area contributed by atoms with Gasteiger partial charge < -0.3 is 0 Å². The zero-order valence-electron chi connectivity index (χ0n) is 11.0. The Morgan fingerprint density at radius 1 is 0.400 bits per heavy atom. The van der Waals surface area contributed by atoms with Crippen LogP contribution < -0.4 is 0 Å². The summed E-state index contributed by atoms with van der Waals surface area (Å²) in [6, 6.07) is 28.1. The van der Waals surface area contributed by atoms with E-state index in [1.54, 1.807) is 0 Å². The van der Waals surface area contributed by atoms with Crippen LogP contribution in [0.5, 0.6) is 0 Å². The van der Waals surface area contributed by atoms with Gasteiger partial charge in [0, 0.05) is 0 Å². The molecule has 0 atom stereocenters. The van der Waals surface area contributed by atoms with Gasteiger partial charge >= 0.3 is 0 Å². The van der Waals surface area contributed by atoms with Crippen LogP contribution in [0.4, 0.5) is 11.4 Å². The molecule has 96 valence electrons. The van der Waals surface area contributed by atoms with Crippen LogP contribution in [0, 0.1) is 0 Å². The first-order valence-electron chi connectivity index (χ1n) is 6.54. The maximum absolute atomic E-state index is 4.24. The van der Waals surface area contributed by atoms with Gasteiger partial charge in [0.05, 0.1) is 11.4 Å².